The summed E-state index contributed by atoms with van der Waals surface area (Å²) < 4.78 is 38.2. The Labute approximate surface area is 121 Å². The molecule has 1 fully saturated rings. The van der Waals surface area contributed by atoms with Gasteiger partial charge in [0.15, 0.2) is 0 Å². The van der Waals surface area contributed by atoms with E-state index in [0.29, 0.717) is 6.42 Å². The van der Waals surface area contributed by atoms with E-state index in [9.17, 15) is 18.0 Å². The number of rotatable bonds is 2. The van der Waals surface area contributed by atoms with Gasteiger partial charge in [-0.05, 0) is 44.0 Å². The van der Waals surface area contributed by atoms with Crippen LogP contribution in [0.25, 0.3) is 0 Å². The van der Waals surface area contributed by atoms with Crippen LogP contribution in [0.1, 0.15) is 24.0 Å². The first-order valence-corrected chi connectivity index (χ1v) is 6.10. The molecule has 112 valence electrons. The average molecular weight is 309 g/mol. The summed E-state index contributed by atoms with van der Waals surface area (Å²) in [5, 5.41) is 5.52. The van der Waals surface area contributed by atoms with E-state index in [4.69, 9.17) is 0 Å². The highest BCUT2D eigenvalue weighted by Crippen LogP contribution is 2.33. The summed E-state index contributed by atoms with van der Waals surface area (Å²) >= 11 is 0. The number of halogens is 4. The monoisotopic (exact) mass is 308 g/mol. The van der Waals surface area contributed by atoms with Crippen molar-refractivity contribution in [1.82, 2.24) is 5.32 Å². The smallest absolute Gasteiger partial charge is 0.325 e. The molecule has 1 aromatic carbocycles. The third kappa shape index (κ3) is 3.86. The molecule has 0 radical (unpaired) electrons. The van der Waals surface area contributed by atoms with Crippen molar-refractivity contribution in [3.05, 3.63) is 29.3 Å². The van der Waals surface area contributed by atoms with E-state index in [-0.39, 0.29) is 35.6 Å². The van der Waals surface area contributed by atoms with Crippen LogP contribution in [0.3, 0.4) is 0 Å². The lowest BCUT2D eigenvalue weighted by molar-refractivity contribution is -0.138. The maximum absolute atomic E-state index is 12.7. The number of anilines is 1. The first-order valence-electron chi connectivity index (χ1n) is 6.10. The number of alkyl halides is 3. The molecule has 1 heterocycles. The van der Waals surface area contributed by atoms with Crippen molar-refractivity contribution in [2.24, 2.45) is 0 Å². The first-order chi connectivity index (χ1) is 8.88. The largest absolute Gasteiger partial charge is 0.416 e. The number of aryl methyl sites for hydroxylation is 1. The minimum absolute atomic E-state index is 0. The lowest BCUT2D eigenvalue weighted by atomic mass is 10.1. The van der Waals surface area contributed by atoms with Crippen molar-refractivity contribution in [2.45, 2.75) is 32.0 Å². The molecule has 0 aliphatic carbocycles. The van der Waals surface area contributed by atoms with Gasteiger partial charge in [-0.3, -0.25) is 4.79 Å². The van der Waals surface area contributed by atoms with Crippen molar-refractivity contribution < 1.29 is 18.0 Å². The van der Waals surface area contributed by atoms with Gasteiger partial charge in [-0.25, -0.2) is 0 Å². The molecule has 1 unspecified atom stereocenters. The zero-order valence-electron chi connectivity index (χ0n) is 10.9. The molecular weight excluding hydrogens is 293 g/mol. The Kier molecular flexibility index (Phi) is 5.42. The predicted octanol–water partition coefficient (Wildman–Crippen LogP) is 3.13. The van der Waals surface area contributed by atoms with Gasteiger partial charge in [-0.1, -0.05) is 6.07 Å². The fraction of sp³-hybridized carbons (Fsp3) is 0.462. The molecule has 0 aromatic heterocycles. The summed E-state index contributed by atoms with van der Waals surface area (Å²) in [4.78, 5) is 11.8. The van der Waals surface area contributed by atoms with Gasteiger partial charge in [0.25, 0.3) is 0 Å². The molecule has 1 aromatic rings. The van der Waals surface area contributed by atoms with E-state index in [2.05, 4.69) is 10.6 Å². The Bertz CT molecular complexity index is 485. The van der Waals surface area contributed by atoms with Crippen LogP contribution in [0, 0.1) is 6.92 Å². The summed E-state index contributed by atoms with van der Waals surface area (Å²) in [5.41, 5.74) is -0.397. The van der Waals surface area contributed by atoms with Gasteiger partial charge in [0.05, 0.1) is 11.6 Å². The van der Waals surface area contributed by atoms with E-state index in [1.165, 1.54) is 19.1 Å². The maximum atomic E-state index is 12.7. The molecule has 1 amide bonds. The molecule has 0 spiro atoms. The summed E-state index contributed by atoms with van der Waals surface area (Å²) in [6, 6.07) is 3.51. The molecule has 2 N–H and O–H groups in total. The van der Waals surface area contributed by atoms with Crippen LogP contribution in [0.2, 0.25) is 0 Å². The van der Waals surface area contributed by atoms with Crippen LogP contribution < -0.4 is 10.6 Å². The van der Waals surface area contributed by atoms with Crippen LogP contribution in [0.15, 0.2) is 18.2 Å². The molecule has 2 rings (SSSR count). The van der Waals surface area contributed by atoms with Gasteiger partial charge in [0.1, 0.15) is 0 Å². The first kappa shape index (κ1) is 16.8. The zero-order chi connectivity index (χ0) is 14.0. The summed E-state index contributed by atoms with van der Waals surface area (Å²) in [5.74, 6) is -0.283. The van der Waals surface area contributed by atoms with Crippen LogP contribution >= 0.6 is 12.4 Å². The van der Waals surface area contributed by atoms with Crippen LogP contribution in [-0.4, -0.2) is 18.5 Å². The third-order valence-corrected chi connectivity index (χ3v) is 3.19. The fourth-order valence-electron chi connectivity index (χ4n) is 2.14. The van der Waals surface area contributed by atoms with Crippen LogP contribution in [0.4, 0.5) is 18.9 Å². The third-order valence-electron chi connectivity index (χ3n) is 3.19. The molecular formula is C13H16ClF3N2O. The van der Waals surface area contributed by atoms with Crippen molar-refractivity contribution in [1.29, 1.82) is 0 Å². The number of amides is 1. The van der Waals surface area contributed by atoms with Gasteiger partial charge in [-0.15, -0.1) is 12.4 Å². The number of carbonyl (C=O) groups excluding carboxylic acids is 1. The second-order valence-electron chi connectivity index (χ2n) is 4.67. The summed E-state index contributed by atoms with van der Waals surface area (Å²) in [6.45, 7) is 2.16. The Morgan fingerprint density at radius 3 is 2.65 bits per heavy atom. The normalized spacial score (nSPS) is 18.5. The highest BCUT2D eigenvalue weighted by atomic mass is 35.5. The van der Waals surface area contributed by atoms with Gasteiger partial charge in [0, 0.05) is 5.69 Å². The lowest BCUT2D eigenvalue weighted by Crippen LogP contribution is -2.35. The Morgan fingerprint density at radius 2 is 2.10 bits per heavy atom. The van der Waals surface area contributed by atoms with Crippen molar-refractivity contribution in [3.8, 4) is 0 Å². The van der Waals surface area contributed by atoms with E-state index < -0.39 is 11.7 Å². The van der Waals surface area contributed by atoms with Crippen molar-refractivity contribution in [2.75, 3.05) is 11.9 Å². The average Bonchev–Trinajstić information content (AvgIpc) is 2.83. The van der Waals surface area contributed by atoms with Crippen molar-refractivity contribution in [3.63, 3.8) is 0 Å². The highest BCUT2D eigenvalue weighted by molar-refractivity contribution is 5.95. The second-order valence-corrected chi connectivity index (χ2v) is 4.67. The predicted molar refractivity (Wildman–Crippen MR) is 73.1 cm³/mol. The number of hydrogen-bond acceptors (Lipinski definition) is 2. The molecule has 20 heavy (non-hydrogen) atoms. The van der Waals surface area contributed by atoms with Crippen LogP contribution in [-0.2, 0) is 11.0 Å². The lowest BCUT2D eigenvalue weighted by Gasteiger charge is -2.14. The molecule has 3 nitrogen and oxygen atoms in total. The summed E-state index contributed by atoms with van der Waals surface area (Å²) in [6.07, 6.45) is -2.79. The van der Waals surface area contributed by atoms with E-state index >= 15 is 0 Å². The minimum Gasteiger partial charge on any atom is -0.325 e. The highest BCUT2D eigenvalue weighted by Gasteiger charge is 2.32. The maximum Gasteiger partial charge on any atom is 0.416 e. The molecule has 1 atom stereocenters. The Morgan fingerprint density at radius 1 is 1.40 bits per heavy atom. The standard InChI is InChI=1S/C13H15F3N2O.ClH/c1-8-4-5-9(7-10(8)13(14,15)16)18-12(19)11-3-2-6-17-11;/h4-5,7,11,17H,2-3,6H2,1H3,(H,18,19);1H. The SMILES string of the molecule is Cc1ccc(NC(=O)C2CCCN2)cc1C(F)(F)F.Cl. The van der Waals surface area contributed by atoms with E-state index in [1.807, 2.05) is 0 Å². The minimum atomic E-state index is -4.41. The molecule has 1 saturated heterocycles. The van der Waals surface area contributed by atoms with Gasteiger partial charge in [0.2, 0.25) is 5.91 Å². The zero-order valence-corrected chi connectivity index (χ0v) is 11.7. The molecule has 1 aliphatic heterocycles. The number of carbonyl (C=O) groups is 1. The van der Waals surface area contributed by atoms with Gasteiger partial charge in [-0.2, -0.15) is 13.2 Å². The Balaban J connectivity index is 0.00000200. The van der Waals surface area contributed by atoms with E-state index in [1.54, 1.807) is 0 Å². The topological polar surface area (TPSA) is 41.1 Å². The van der Waals surface area contributed by atoms with Crippen molar-refractivity contribution >= 4 is 24.0 Å². The quantitative estimate of drug-likeness (QED) is 0.881. The van der Waals surface area contributed by atoms with E-state index in [0.717, 1.165) is 19.0 Å². The van der Waals surface area contributed by atoms with Gasteiger partial charge < -0.3 is 10.6 Å². The molecule has 1 aliphatic rings. The van der Waals surface area contributed by atoms with Gasteiger partial charge >= 0.3 is 6.18 Å². The second kappa shape index (κ2) is 6.45. The number of benzene rings is 1. The summed E-state index contributed by atoms with van der Waals surface area (Å²) in [7, 11) is 0. The molecule has 0 saturated carbocycles. The Hall–Kier alpha value is -1.27. The number of nitrogens with one attached hydrogen (secondary N) is 2. The van der Waals surface area contributed by atoms with Crippen LogP contribution in [0.5, 0.6) is 0 Å². The molecule has 0 bridgehead atoms. The number of hydrogen-bond donors (Lipinski definition) is 2. The molecule has 7 heteroatoms. The fourth-order valence-corrected chi connectivity index (χ4v) is 2.14.